The van der Waals surface area contributed by atoms with E-state index < -0.39 is 0 Å². The molecule has 2 amide bonds. The van der Waals surface area contributed by atoms with E-state index in [-0.39, 0.29) is 6.03 Å². The lowest BCUT2D eigenvalue weighted by atomic mass is 10.1. The highest BCUT2D eigenvalue weighted by Crippen LogP contribution is 2.25. The second-order valence-electron chi connectivity index (χ2n) is 6.44. The largest absolute Gasteiger partial charge is 0.361 e. The van der Waals surface area contributed by atoms with Gasteiger partial charge in [-0.3, -0.25) is 0 Å². The van der Waals surface area contributed by atoms with Gasteiger partial charge in [0, 0.05) is 37.9 Å². The van der Waals surface area contributed by atoms with Crippen LogP contribution >= 0.6 is 11.6 Å². The second-order valence-corrected chi connectivity index (χ2v) is 6.88. The highest BCUT2D eigenvalue weighted by atomic mass is 35.5. The van der Waals surface area contributed by atoms with Crippen LogP contribution in [0.4, 0.5) is 27.9 Å². The number of nitrogens with one attached hydrogen (secondary N) is 2. The Morgan fingerprint density at radius 1 is 1.19 bits per heavy atom. The molecule has 2 N–H and O–H groups in total. The summed E-state index contributed by atoms with van der Waals surface area (Å²) in [5, 5.41) is 6.13. The van der Waals surface area contributed by atoms with E-state index >= 15 is 0 Å². The van der Waals surface area contributed by atoms with Crippen LogP contribution in [0, 0.1) is 0 Å². The fraction of sp³-hybridized carbons (Fsp3) is 0.389. The number of urea groups is 1. The molecule has 1 fully saturated rings. The molecule has 7 nitrogen and oxygen atoms in total. The number of aromatic nitrogens is 2. The van der Waals surface area contributed by atoms with E-state index in [0.29, 0.717) is 28.2 Å². The Morgan fingerprint density at radius 3 is 2.65 bits per heavy atom. The average Bonchev–Trinajstić information content (AvgIpc) is 2.62. The third-order valence-electron chi connectivity index (χ3n) is 4.15. The highest BCUT2D eigenvalue weighted by Gasteiger charge is 2.17. The minimum absolute atomic E-state index is 0.371. The first-order valence-corrected chi connectivity index (χ1v) is 9.03. The second kappa shape index (κ2) is 8.23. The number of halogens is 1. The first kappa shape index (κ1) is 18.3. The number of hydrogen-bond donors (Lipinski definition) is 2. The third-order valence-corrected chi connectivity index (χ3v) is 4.38. The van der Waals surface area contributed by atoms with Crippen molar-refractivity contribution in [1.29, 1.82) is 0 Å². The van der Waals surface area contributed by atoms with E-state index in [1.165, 1.54) is 6.42 Å². The molecule has 0 bridgehead atoms. The fourth-order valence-electron chi connectivity index (χ4n) is 2.89. The van der Waals surface area contributed by atoms with Crippen LogP contribution in [0.15, 0.2) is 30.5 Å². The van der Waals surface area contributed by atoms with E-state index in [9.17, 15) is 4.79 Å². The van der Waals surface area contributed by atoms with Crippen molar-refractivity contribution in [2.24, 2.45) is 0 Å². The van der Waals surface area contributed by atoms with Gasteiger partial charge in [-0.05, 0) is 37.5 Å². The molecule has 3 rings (SSSR count). The molecule has 2 aromatic rings. The van der Waals surface area contributed by atoms with Gasteiger partial charge in [0.05, 0.1) is 6.20 Å². The Balaban J connectivity index is 1.74. The minimum atomic E-state index is -0.371. The monoisotopic (exact) mass is 374 g/mol. The van der Waals surface area contributed by atoms with E-state index in [4.69, 9.17) is 11.6 Å². The Kier molecular flexibility index (Phi) is 5.78. The van der Waals surface area contributed by atoms with Gasteiger partial charge in [-0.1, -0.05) is 17.7 Å². The maximum absolute atomic E-state index is 12.3. The zero-order valence-corrected chi connectivity index (χ0v) is 15.8. The van der Waals surface area contributed by atoms with Crippen molar-refractivity contribution in [1.82, 2.24) is 9.97 Å². The van der Waals surface area contributed by atoms with Gasteiger partial charge in [0.15, 0.2) is 5.82 Å². The van der Waals surface area contributed by atoms with Crippen molar-refractivity contribution < 1.29 is 4.79 Å². The van der Waals surface area contributed by atoms with E-state index in [1.807, 2.05) is 19.0 Å². The van der Waals surface area contributed by atoms with Crippen molar-refractivity contribution in [2.45, 2.75) is 19.3 Å². The molecule has 0 radical (unpaired) electrons. The molecule has 8 heteroatoms. The van der Waals surface area contributed by atoms with Gasteiger partial charge in [0.2, 0.25) is 5.95 Å². The number of carbonyl (C=O) groups excluding carboxylic acids is 1. The summed E-state index contributed by atoms with van der Waals surface area (Å²) in [5.41, 5.74) is 1.17. The molecular weight excluding hydrogens is 352 g/mol. The molecule has 0 unspecified atom stereocenters. The van der Waals surface area contributed by atoms with Crippen LogP contribution in [0.3, 0.4) is 0 Å². The Bertz CT molecular complexity index is 776. The Labute approximate surface area is 158 Å². The van der Waals surface area contributed by atoms with Gasteiger partial charge in [-0.2, -0.15) is 4.98 Å². The van der Waals surface area contributed by atoms with Crippen LogP contribution < -0.4 is 20.4 Å². The van der Waals surface area contributed by atoms with Crippen LogP contribution in [-0.2, 0) is 0 Å². The lowest BCUT2D eigenvalue weighted by Crippen LogP contribution is -2.31. The van der Waals surface area contributed by atoms with Gasteiger partial charge in [-0.25, -0.2) is 9.78 Å². The summed E-state index contributed by atoms with van der Waals surface area (Å²) in [5.74, 6) is 1.37. The molecule has 1 aromatic heterocycles. The maximum Gasteiger partial charge on any atom is 0.323 e. The molecule has 1 saturated heterocycles. The number of rotatable bonds is 4. The number of amides is 2. The van der Waals surface area contributed by atoms with Crippen LogP contribution in [0.25, 0.3) is 0 Å². The van der Waals surface area contributed by atoms with Crippen LogP contribution in [0.2, 0.25) is 5.02 Å². The van der Waals surface area contributed by atoms with Crippen LogP contribution in [-0.4, -0.2) is 43.2 Å². The molecule has 0 saturated carbocycles. The van der Waals surface area contributed by atoms with Crippen molar-refractivity contribution >= 4 is 40.8 Å². The summed E-state index contributed by atoms with van der Waals surface area (Å²) in [7, 11) is 3.78. The molecular formula is C18H23ClN6O. The SMILES string of the molecule is CN(C)c1nc(N2CCCCC2)ncc1NC(=O)Nc1cccc(Cl)c1. The van der Waals surface area contributed by atoms with Crippen molar-refractivity contribution in [3.8, 4) is 0 Å². The Hall–Kier alpha value is -2.54. The number of carbonyl (C=O) groups is 1. The number of benzene rings is 1. The molecule has 138 valence electrons. The molecule has 0 atom stereocenters. The topological polar surface area (TPSA) is 73.4 Å². The molecule has 2 heterocycles. The fourth-order valence-corrected chi connectivity index (χ4v) is 3.08. The molecule has 1 aliphatic heterocycles. The zero-order chi connectivity index (χ0) is 18.5. The quantitative estimate of drug-likeness (QED) is 0.850. The zero-order valence-electron chi connectivity index (χ0n) is 15.0. The summed E-state index contributed by atoms with van der Waals surface area (Å²) >= 11 is 5.94. The smallest absolute Gasteiger partial charge is 0.323 e. The van der Waals surface area contributed by atoms with Gasteiger partial charge in [0.25, 0.3) is 0 Å². The summed E-state index contributed by atoms with van der Waals surface area (Å²) < 4.78 is 0. The number of nitrogens with zero attached hydrogens (tertiary/aromatic N) is 4. The summed E-state index contributed by atoms with van der Waals surface area (Å²) in [4.78, 5) is 25.4. The predicted octanol–water partition coefficient (Wildman–Crippen LogP) is 3.83. The van der Waals surface area contributed by atoms with Gasteiger partial charge >= 0.3 is 6.03 Å². The Morgan fingerprint density at radius 2 is 1.96 bits per heavy atom. The van der Waals surface area contributed by atoms with Crippen molar-refractivity contribution in [3.63, 3.8) is 0 Å². The van der Waals surface area contributed by atoms with Crippen LogP contribution in [0.5, 0.6) is 0 Å². The summed E-state index contributed by atoms with van der Waals surface area (Å²) in [6.45, 7) is 1.93. The van der Waals surface area contributed by atoms with Gasteiger partial charge < -0.3 is 20.4 Å². The number of piperidine rings is 1. The normalized spacial score (nSPS) is 14.0. The van der Waals surface area contributed by atoms with E-state index in [2.05, 4.69) is 25.5 Å². The molecule has 0 aliphatic carbocycles. The molecule has 1 aliphatic rings. The standard InChI is InChI=1S/C18H23ClN6O/c1-24(2)16-15(12-20-17(23-16)25-9-4-3-5-10-25)22-18(26)21-14-8-6-7-13(19)11-14/h6-8,11-12H,3-5,9-10H2,1-2H3,(H2,21,22,26). The molecule has 0 spiro atoms. The molecule has 26 heavy (non-hydrogen) atoms. The first-order chi connectivity index (χ1) is 12.5. The van der Waals surface area contributed by atoms with Gasteiger partial charge in [-0.15, -0.1) is 0 Å². The van der Waals surface area contributed by atoms with Gasteiger partial charge in [0.1, 0.15) is 5.69 Å². The maximum atomic E-state index is 12.3. The van der Waals surface area contributed by atoms with E-state index in [1.54, 1.807) is 30.5 Å². The third kappa shape index (κ3) is 4.54. The lowest BCUT2D eigenvalue weighted by molar-refractivity contribution is 0.262. The summed E-state index contributed by atoms with van der Waals surface area (Å²) in [6, 6.07) is 6.62. The van der Waals surface area contributed by atoms with Crippen molar-refractivity contribution in [3.05, 3.63) is 35.5 Å². The number of hydrogen-bond acceptors (Lipinski definition) is 5. The van der Waals surface area contributed by atoms with E-state index in [0.717, 1.165) is 25.9 Å². The predicted molar refractivity (Wildman–Crippen MR) is 107 cm³/mol. The van der Waals surface area contributed by atoms with Crippen molar-refractivity contribution in [2.75, 3.05) is 47.6 Å². The first-order valence-electron chi connectivity index (χ1n) is 8.66. The average molecular weight is 375 g/mol. The van der Waals surface area contributed by atoms with Crippen LogP contribution in [0.1, 0.15) is 19.3 Å². The lowest BCUT2D eigenvalue weighted by Gasteiger charge is -2.28. The summed E-state index contributed by atoms with van der Waals surface area (Å²) in [6.07, 6.45) is 5.22. The highest BCUT2D eigenvalue weighted by molar-refractivity contribution is 6.30. The molecule has 1 aromatic carbocycles. The number of anilines is 4. The minimum Gasteiger partial charge on any atom is -0.361 e.